The zero-order valence-corrected chi connectivity index (χ0v) is 16.8. The summed E-state index contributed by atoms with van der Waals surface area (Å²) in [7, 11) is 1.86. The third-order valence-electron chi connectivity index (χ3n) is 5.09. The van der Waals surface area contributed by atoms with Crippen molar-refractivity contribution in [2.75, 3.05) is 51.2 Å². The molecule has 0 aromatic heterocycles. The van der Waals surface area contributed by atoms with Crippen LogP contribution in [0.5, 0.6) is 0 Å². The van der Waals surface area contributed by atoms with Gasteiger partial charge < -0.3 is 20.4 Å². The molecule has 3 rings (SSSR count). The van der Waals surface area contributed by atoms with Crippen LogP contribution < -0.4 is 15.5 Å². The van der Waals surface area contributed by atoms with Crippen LogP contribution in [0.1, 0.15) is 25.7 Å². The van der Waals surface area contributed by atoms with Crippen molar-refractivity contribution < 1.29 is 0 Å². The normalized spacial score (nSPS) is 21.8. The van der Waals surface area contributed by atoms with E-state index < -0.39 is 0 Å². The lowest BCUT2D eigenvalue weighted by molar-refractivity contribution is 0.334. The molecule has 25 heavy (non-hydrogen) atoms. The molecule has 0 saturated carbocycles. The Morgan fingerprint density at radius 3 is 2.68 bits per heavy atom. The van der Waals surface area contributed by atoms with E-state index in [9.17, 15) is 0 Å². The molecular formula is C19H30BrN5. The maximum Gasteiger partial charge on any atom is 0.191 e. The summed E-state index contributed by atoms with van der Waals surface area (Å²) in [5.41, 5.74) is 1.29. The maximum absolute atomic E-state index is 4.39. The summed E-state index contributed by atoms with van der Waals surface area (Å²) in [5, 5.41) is 7.05. The standard InChI is InChI=1S/C19H30BrN5/c1-21-19(22-10-4-13-24-11-2-3-12-24)23-17-9-14-25(15-17)18-7-5-16(20)6-8-18/h5-8,17H,2-4,9-15H2,1H3,(H2,21,22,23). The van der Waals surface area contributed by atoms with Crippen LogP contribution in [0, 0.1) is 0 Å². The van der Waals surface area contributed by atoms with Crippen LogP contribution in [-0.2, 0) is 0 Å². The Hall–Kier alpha value is -1.27. The number of likely N-dealkylation sites (tertiary alicyclic amines) is 1. The van der Waals surface area contributed by atoms with Crippen LogP contribution in [-0.4, -0.2) is 63.2 Å². The van der Waals surface area contributed by atoms with E-state index in [2.05, 4.69) is 65.6 Å². The Morgan fingerprint density at radius 2 is 1.96 bits per heavy atom. The molecule has 2 fully saturated rings. The zero-order valence-electron chi connectivity index (χ0n) is 15.2. The SMILES string of the molecule is CN=C(NCCCN1CCCC1)NC1CCN(c2ccc(Br)cc2)C1. The van der Waals surface area contributed by atoms with Crippen molar-refractivity contribution in [3.63, 3.8) is 0 Å². The maximum atomic E-state index is 4.39. The fourth-order valence-electron chi connectivity index (χ4n) is 3.67. The lowest BCUT2D eigenvalue weighted by Gasteiger charge is -2.21. The Labute approximate surface area is 160 Å². The zero-order chi connectivity index (χ0) is 17.5. The van der Waals surface area contributed by atoms with Gasteiger partial charge in [-0.05, 0) is 69.6 Å². The van der Waals surface area contributed by atoms with E-state index in [-0.39, 0.29) is 0 Å². The van der Waals surface area contributed by atoms with Gasteiger partial charge >= 0.3 is 0 Å². The van der Waals surface area contributed by atoms with Gasteiger partial charge in [0.2, 0.25) is 0 Å². The molecule has 0 amide bonds. The van der Waals surface area contributed by atoms with E-state index in [1.807, 2.05) is 7.05 Å². The number of nitrogens with zero attached hydrogens (tertiary/aromatic N) is 3. The fraction of sp³-hybridized carbons (Fsp3) is 0.632. The Balaban J connectivity index is 1.37. The average Bonchev–Trinajstić information content (AvgIpc) is 3.30. The molecule has 2 saturated heterocycles. The van der Waals surface area contributed by atoms with Crippen molar-refractivity contribution in [1.82, 2.24) is 15.5 Å². The van der Waals surface area contributed by atoms with E-state index in [1.54, 1.807) is 0 Å². The minimum absolute atomic E-state index is 0.452. The lowest BCUT2D eigenvalue weighted by atomic mass is 10.2. The molecule has 2 aliphatic rings. The number of nitrogens with one attached hydrogen (secondary N) is 2. The lowest BCUT2D eigenvalue weighted by Crippen LogP contribution is -2.45. The molecule has 2 N–H and O–H groups in total. The molecule has 1 unspecified atom stereocenters. The van der Waals surface area contributed by atoms with Gasteiger partial charge in [-0.25, -0.2) is 0 Å². The minimum atomic E-state index is 0.452. The van der Waals surface area contributed by atoms with Crippen molar-refractivity contribution in [2.24, 2.45) is 4.99 Å². The number of aliphatic imine (C=N–C) groups is 1. The van der Waals surface area contributed by atoms with Crippen LogP contribution in [0.4, 0.5) is 5.69 Å². The van der Waals surface area contributed by atoms with E-state index in [0.29, 0.717) is 6.04 Å². The first-order valence-electron chi connectivity index (χ1n) is 9.44. The van der Waals surface area contributed by atoms with E-state index in [4.69, 9.17) is 0 Å². The molecule has 1 aromatic rings. The highest BCUT2D eigenvalue weighted by Crippen LogP contribution is 2.22. The molecule has 2 heterocycles. The number of benzene rings is 1. The predicted molar refractivity (Wildman–Crippen MR) is 110 cm³/mol. The monoisotopic (exact) mass is 407 g/mol. The molecule has 6 heteroatoms. The molecule has 2 aliphatic heterocycles. The van der Waals surface area contributed by atoms with Crippen molar-refractivity contribution in [3.05, 3.63) is 28.7 Å². The van der Waals surface area contributed by atoms with E-state index in [1.165, 1.54) is 44.6 Å². The van der Waals surface area contributed by atoms with Crippen LogP contribution in [0.25, 0.3) is 0 Å². The molecule has 0 aliphatic carbocycles. The molecule has 1 aromatic carbocycles. The smallest absolute Gasteiger partial charge is 0.191 e. The minimum Gasteiger partial charge on any atom is -0.369 e. The number of hydrogen-bond donors (Lipinski definition) is 2. The summed E-state index contributed by atoms with van der Waals surface area (Å²) >= 11 is 3.50. The molecule has 0 radical (unpaired) electrons. The molecule has 5 nitrogen and oxygen atoms in total. The van der Waals surface area contributed by atoms with Gasteiger partial charge in [-0.15, -0.1) is 0 Å². The number of anilines is 1. The van der Waals surface area contributed by atoms with Gasteiger partial charge in [0.1, 0.15) is 0 Å². The molecule has 1 atom stereocenters. The van der Waals surface area contributed by atoms with E-state index in [0.717, 1.165) is 36.5 Å². The Bertz CT molecular complexity index is 553. The van der Waals surface area contributed by atoms with Gasteiger partial charge in [0.15, 0.2) is 5.96 Å². The van der Waals surface area contributed by atoms with Crippen LogP contribution in [0.3, 0.4) is 0 Å². The Kier molecular flexibility index (Phi) is 6.99. The third kappa shape index (κ3) is 5.61. The van der Waals surface area contributed by atoms with Gasteiger partial charge in [0.05, 0.1) is 0 Å². The first kappa shape index (κ1) is 18.5. The van der Waals surface area contributed by atoms with Crippen molar-refractivity contribution >= 4 is 27.6 Å². The van der Waals surface area contributed by atoms with Gasteiger partial charge in [-0.2, -0.15) is 0 Å². The fourth-order valence-corrected chi connectivity index (χ4v) is 3.93. The summed E-state index contributed by atoms with van der Waals surface area (Å²) < 4.78 is 1.13. The summed E-state index contributed by atoms with van der Waals surface area (Å²) in [5.74, 6) is 0.934. The Morgan fingerprint density at radius 1 is 1.20 bits per heavy atom. The number of guanidine groups is 1. The second-order valence-electron chi connectivity index (χ2n) is 6.95. The second kappa shape index (κ2) is 9.43. The van der Waals surface area contributed by atoms with Crippen LogP contribution in [0.2, 0.25) is 0 Å². The van der Waals surface area contributed by atoms with Gasteiger partial charge in [-0.1, -0.05) is 15.9 Å². The molecule has 0 spiro atoms. The molecule has 138 valence electrons. The highest BCUT2D eigenvalue weighted by atomic mass is 79.9. The molecule has 0 bridgehead atoms. The van der Waals surface area contributed by atoms with Gasteiger partial charge in [0.25, 0.3) is 0 Å². The average molecular weight is 408 g/mol. The van der Waals surface area contributed by atoms with Crippen molar-refractivity contribution in [3.8, 4) is 0 Å². The summed E-state index contributed by atoms with van der Waals surface area (Å²) in [6.45, 7) is 6.85. The number of halogens is 1. The van der Waals surface area contributed by atoms with E-state index >= 15 is 0 Å². The van der Waals surface area contributed by atoms with Crippen molar-refractivity contribution in [1.29, 1.82) is 0 Å². The predicted octanol–water partition coefficient (Wildman–Crippen LogP) is 2.68. The van der Waals surface area contributed by atoms with Gasteiger partial charge in [0, 0.05) is 42.9 Å². The third-order valence-corrected chi connectivity index (χ3v) is 5.62. The second-order valence-corrected chi connectivity index (χ2v) is 7.87. The highest BCUT2D eigenvalue weighted by molar-refractivity contribution is 9.10. The summed E-state index contributed by atoms with van der Waals surface area (Å²) in [6, 6.07) is 9.03. The number of rotatable bonds is 6. The molecular weight excluding hydrogens is 378 g/mol. The van der Waals surface area contributed by atoms with Crippen molar-refractivity contribution in [2.45, 2.75) is 31.7 Å². The highest BCUT2D eigenvalue weighted by Gasteiger charge is 2.23. The van der Waals surface area contributed by atoms with Crippen LogP contribution >= 0.6 is 15.9 Å². The largest absolute Gasteiger partial charge is 0.369 e. The van der Waals surface area contributed by atoms with Gasteiger partial charge in [-0.3, -0.25) is 4.99 Å². The first-order valence-corrected chi connectivity index (χ1v) is 10.2. The number of hydrogen-bond acceptors (Lipinski definition) is 3. The first-order chi connectivity index (χ1) is 12.2. The topological polar surface area (TPSA) is 42.9 Å². The van der Waals surface area contributed by atoms with Crippen LogP contribution in [0.15, 0.2) is 33.7 Å². The summed E-state index contributed by atoms with van der Waals surface area (Å²) in [6.07, 6.45) is 5.06. The quantitative estimate of drug-likeness (QED) is 0.432. The summed E-state index contributed by atoms with van der Waals surface area (Å²) in [4.78, 5) is 9.38.